The summed E-state index contributed by atoms with van der Waals surface area (Å²) in [5, 5.41) is 0. The molecule has 1 aliphatic rings. The molecule has 0 atom stereocenters. The molecule has 2 aromatic rings. The maximum Gasteiger partial charge on any atom is -1.00 e. The van der Waals surface area contributed by atoms with Crippen LogP contribution < -0.4 is 37.2 Å². The molecule has 0 amide bonds. The van der Waals surface area contributed by atoms with Crippen molar-refractivity contribution in [1.29, 1.82) is 0 Å². The van der Waals surface area contributed by atoms with Crippen LogP contribution in [-0.4, -0.2) is 0 Å². The Morgan fingerprint density at radius 1 is 0.731 bits per heavy atom. The summed E-state index contributed by atoms with van der Waals surface area (Å²) >= 11 is 2.26. The molecular formula is C22H23Cl3Ti. The number of hydrogen-bond acceptors (Lipinski definition) is 0. The molecule has 0 aliphatic heterocycles. The second-order valence-electron chi connectivity index (χ2n) is 7.23. The van der Waals surface area contributed by atoms with Gasteiger partial charge in [0.15, 0.2) is 0 Å². The van der Waals surface area contributed by atoms with Crippen molar-refractivity contribution < 1.29 is 57.7 Å². The monoisotopic (exact) mass is 440 g/mol. The van der Waals surface area contributed by atoms with Gasteiger partial charge in [-0.2, -0.15) is 0 Å². The van der Waals surface area contributed by atoms with Gasteiger partial charge in [0.05, 0.1) is 0 Å². The Morgan fingerprint density at radius 2 is 1.15 bits per heavy atom. The Balaban J connectivity index is 0.00000208. The zero-order chi connectivity index (χ0) is 16.5. The standard InChI is InChI=1S/C22H23.3ClH.Ti/c1-21(2,3)22(20-16-10-11-17-20,18-12-6-4-7-13-18)19-14-8-5-9-15-19;;;;/h4-15H,16H2,1-3H3;3*1H;/q;;;;+3/p-3. The minimum atomic E-state index is -0.108. The third-order valence-electron chi connectivity index (χ3n) is 4.92. The molecule has 0 nitrogen and oxygen atoms in total. The molecule has 26 heavy (non-hydrogen) atoms. The van der Waals surface area contributed by atoms with E-state index in [1.807, 2.05) is 0 Å². The van der Waals surface area contributed by atoms with Gasteiger partial charge in [0, 0.05) is 0 Å². The van der Waals surface area contributed by atoms with Gasteiger partial charge in [-0.3, -0.25) is 0 Å². The van der Waals surface area contributed by atoms with Gasteiger partial charge in [-0.1, -0.05) is 0 Å². The number of halogens is 3. The molecule has 0 radical (unpaired) electrons. The molecule has 0 spiro atoms. The SMILES string of the molecule is CC(C)(C)C(C1=[C]([Ti+3])C=CC1)(c1ccccc1)c1ccccc1.[Cl-].[Cl-].[Cl-]. The molecule has 0 aromatic heterocycles. The number of hydrogen-bond donors (Lipinski definition) is 0. The van der Waals surface area contributed by atoms with Crippen LogP contribution in [-0.2, 0) is 25.9 Å². The smallest absolute Gasteiger partial charge is 1.00 e. The quantitative estimate of drug-likeness (QED) is 0.440. The zero-order valence-corrected chi connectivity index (χ0v) is 19.1. The fourth-order valence-electron chi connectivity index (χ4n) is 4.07. The summed E-state index contributed by atoms with van der Waals surface area (Å²) in [6, 6.07) is 22.0. The molecule has 0 unspecified atom stereocenters. The largest absolute Gasteiger partial charge is 1.00 e. The molecule has 0 bridgehead atoms. The van der Waals surface area contributed by atoms with Crippen LogP contribution in [0, 0.1) is 5.41 Å². The maximum absolute atomic E-state index is 2.37. The van der Waals surface area contributed by atoms with E-state index in [0.717, 1.165) is 6.42 Å². The van der Waals surface area contributed by atoms with Crippen molar-refractivity contribution in [1.82, 2.24) is 0 Å². The first-order valence-electron chi connectivity index (χ1n) is 8.21. The molecule has 4 heteroatoms. The number of allylic oxidation sites excluding steroid dienone is 4. The van der Waals surface area contributed by atoms with Crippen LogP contribution in [0.1, 0.15) is 38.3 Å². The van der Waals surface area contributed by atoms with Gasteiger partial charge < -0.3 is 37.2 Å². The minimum Gasteiger partial charge on any atom is -1.00 e. The van der Waals surface area contributed by atoms with Gasteiger partial charge in [-0.15, -0.1) is 0 Å². The van der Waals surface area contributed by atoms with Crippen molar-refractivity contribution in [2.75, 3.05) is 0 Å². The average Bonchev–Trinajstić information content (AvgIpc) is 2.95. The Labute approximate surface area is 188 Å². The predicted octanol–water partition coefficient (Wildman–Crippen LogP) is -3.21. The van der Waals surface area contributed by atoms with E-state index in [1.54, 1.807) is 0 Å². The van der Waals surface area contributed by atoms with Crippen molar-refractivity contribution in [2.24, 2.45) is 5.41 Å². The molecule has 2 aromatic carbocycles. The van der Waals surface area contributed by atoms with E-state index in [0.29, 0.717) is 0 Å². The summed E-state index contributed by atoms with van der Waals surface area (Å²) in [6.45, 7) is 7.10. The fraction of sp³-hybridized carbons (Fsp3) is 0.273. The summed E-state index contributed by atoms with van der Waals surface area (Å²) in [5.74, 6) is 0. The van der Waals surface area contributed by atoms with Crippen molar-refractivity contribution in [3.63, 3.8) is 0 Å². The van der Waals surface area contributed by atoms with Crippen molar-refractivity contribution >= 4 is 0 Å². The van der Waals surface area contributed by atoms with Crippen LogP contribution in [0.2, 0.25) is 0 Å². The Morgan fingerprint density at radius 3 is 1.46 bits per heavy atom. The second kappa shape index (κ2) is 10.2. The first kappa shape index (κ1) is 25.5. The van der Waals surface area contributed by atoms with Gasteiger partial charge in [0.2, 0.25) is 0 Å². The number of benzene rings is 2. The molecule has 1 aliphatic carbocycles. The topological polar surface area (TPSA) is 0 Å². The van der Waals surface area contributed by atoms with Gasteiger partial charge in [0.1, 0.15) is 0 Å². The van der Waals surface area contributed by atoms with Crippen molar-refractivity contribution in [3.8, 4) is 0 Å². The van der Waals surface area contributed by atoms with Crippen LogP contribution >= 0.6 is 0 Å². The fourth-order valence-corrected chi connectivity index (χ4v) is 4.71. The summed E-state index contributed by atoms with van der Waals surface area (Å²) in [7, 11) is 0. The molecule has 0 heterocycles. The average molecular weight is 442 g/mol. The Bertz CT molecular complexity index is 704. The van der Waals surface area contributed by atoms with E-state index in [4.69, 9.17) is 0 Å². The predicted molar refractivity (Wildman–Crippen MR) is 93.9 cm³/mol. The minimum absolute atomic E-state index is 0. The molecule has 136 valence electrons. The third-order valence-corrected chi connectivity index (χ3v) is 5.65. The van der Waals surface area contributed by atoms with E-state index < -0.39 is 0 Å². The van der Waals surface area contributed by atoms with Gasteiger partial charge in [-0.05, 0) is 0 Å². The van der Waals surface area contributed by atoms with Crippen molar-refractivity contribution in [2.45, 2.75) is 32.6 Å². The van der Waals surface area contributed by atoms with E-state index in [1.165, 1.54) is 20.6 Å². The molecule has 0 saturated carbocycles. The first-order valence-corrected chi connectivity index (χ1v) is 8.99. The summed E-state index contributed by atoms with van der Waals surface area (Å²) < 4.78 is 1.41. The van der Waals surface area contributed by atoms with Gasteiger partial charge >= 0.3 is 152 Å². The van der Waals surface area contributed by atoms with Crippen LogP contribution in [0.15, 0.2) is 82.3 Å². The summed E-state index contributed by atoms with van der Waals surface area (Å²) in [5.41, 5.74) is 4.26. The molecule has 0 fully saturated rings. The summed E-state index contributed by atoms with van der Waals surface area (Å²) in [4.78, 5) is 0. The summed E-state index contributed by atoms with van der Waals surface area (Å²) in [6.07, 6.45) is 5.62. The Kier molecular flexibility index (Phi) is 9.97. The van der Waals surface area contributed by atoms with E-state index in [2.05, 4.69) is 114 Å². The maximum atomic E-state index is 2.37. The number of rotatable bonds is 3. The Hall–Kier alpha value is -0.496. The normalized spacial score (nSPS) is 13.6. The zero-order valence-electron chi connectivity index (χ0n) is 15.3. The molecular weight excluding hydrogens is 418 g/mol. The van der Waals surface area contributed by atoms with Crippen LogP contribution in [0.3, 0.4) is 0 Å². The second-order valence-corrected chi connectivity index (χ2v) is 8.07. The van der Waals surface area contributed by atoms with Crippen LogP contribution in [0.5, 0.6) is 0 Å². The molecule has 0 saturated heterocycles. The molecule has 0 N–H and O–H groups in total. The van der Waals surface area contributed by atoms with Gasteiger partial charge in [-0.25, -0.2) is 0 Å². The van der Waals surface area contributed by atoms with Crippen LogP contribution in [0.25, 0.3) is 0 Å². The van der Waals surface area contributed by atoms with Crippen molar-refractivity contribution in [3.05, 3.63) is 93.4 Å². The van der Waals surface area contributed by atoms with E-state index in [-0.39, 0.29) is 48.1 Å². The van der Waals surface area contributed by atoms with E-state index >= 15 is 0 Å². The van der Waals surface area contributed by atoms with Crippen LogP contribution in [0.4, 0.5) is 0 Å². The first-order chi connectivity index (χ1) is 11.0. The molecule has 3 rings (SSSR count). The van der Waals surface area contributed by atoms with E-state index in [9.17, 15) is 0 Å². The van der Waals surface area contributed by atoms with Gasteiger partial charge in [0.25, 0.3) is 0 Å². The third kappa shape index (κ3) is 4.32.